The van der Waals surface area contributed by atoms with Crippen LogP contribution in [0.15, 0.2) is 0 Å². The Hall–Kier alpha value is -0.710. The number of hydrogen-bond donors (Lipinski definition) is 0. The molecule has 0 saturated carbocycles. The van der Waals surface area contributed by atoms with E-state index in [2.05, 4.69) is 6.92 Å². The fourth-order valence-electron chi connectivity index (χ4n) is 3.31. The molecule has 108 valence electrons. The molecule has 3 unspecified atom stereocenters. The van der Waals surface area contributed by atoms with Crippen molar-refractivity contribution >= 4 is 23.6 Å². The van der Waals surface area contributed by atoms with Crippen LogP contribution in [0, 0.1) is 0 Å². The maximum Gasteiger partial charge on any atom is 0.246 e. The molecule has 2 amide bonds. The fraction of sp³-hybridized carbons (Fsp3) is 0.857. The summed E-state index contributed by atoms with van der Waals surface area (Å²) in [6.07, 6.45) is 5.69. The molecule has 2 rings (SSSR count). The van der Waals surface area contributed by atoms with Crippen LogP contribution >= 0.6 is 11.8 Å². The van der Waals surface area contributed by atoms with E-state index in [1.165, 1.54) is 0 Å². The molecule has 2 fully saturated rings. The van der Waals surface area contributed by atoms with Crippen molar-refractivity contribution in [2.45, 2.75) is 57.7 Å². The maximum atomic E-state index is 12.7. The molecule has 0 N–H and O–H groups in total. The van der Waals surface area contributed by atoms with Gasteiger partial charge >= 0.3 is 0 Å². The third kappa shape index (κ3) is 2.62. The van der Waals surface area contributed by atoms with Gasteiger partial charge in [-0.3, -0.25) is 9.59 Å². The van der Waals surface area contributed by atoms with E-state index in [1.807, 2.05) is 23.0 Å². The molecule has 0 aromatic heterocycles. The minimum absolute atomic E-state index is 0.139. The smallest absolute Gasteiger partial charge is 0.246 e. The zero-order valence-corrected chi connectivity index (χ0v) is 12.9. The summed E-state index contributed by atoms with van der Waals surface area (Å²) in [6, 6.07) is -0.294. The van der Waals surface area contributed by atoms with Crippen molar-refractivity contribution in [3.63, 3.8) is 0 Å². The molecule has 0 aromatic rings. The van der Waals surface area contributed by atoms with Gasteiger partial charge in [0.25, 0.3) is 0 Å². The van der Waals surface area contributed by atoms with Crippen LogP contribution in [-0.4, -0.2) is 58.3 Å². The lowest BCUT2D eigenvalue weighted by Gasteiger charge is -2.48. The van der Waals surface area contributed by atoms with Crippen LogP contribution in [0.1, 0.15) is 39.5 Å². The predicted molar refractivity (Wildman–Crippen MR) is 78.1 cm³/mol. The third-order valence-electron chi connectivity index (χ3n) is 4.22. The van der Waals surface area contributed by atoms with Crippen LogP contribution in [0.4, 0.5) is 0 Å². The zero-order chi connectivity index (χ0) is 14.0. The molecule has 2 saturated heterocycles. The summed E-state index contributed by atoms with van der Waals surface area (Å²) in [5, 5.41) is 0. The first kappa shape index (κ1) is 14.7. The largest absolute Gasteiger partial charge is 0.329 e. The first-order chi connectivity index (χ1) is 9.11. The van der Waals surface area contributed by atoms with Crippen molar-refractivity contribution < 1.29 is 9.59 Å². The fourth-order valence-corrected chi connectivity index (χ4v) is 3.95. The van der Waals surface area contributed by atoms with Crippen LogP contribution < -0.4 is 0 Å². The van der Waals surface area contributed by atoms with Gasteiger partial charge in [-0.05, 0) is 38.9 Å². The molecule has 2 aliphatic heterocycles. The lowest BCUT2D eigenvalue weighted by Crippen LogP contribution is -2.67. The van der Waals surface area contributed by atoms with Crippen molar-refractivity contribution in [2.24, 2.45) is 0 Å². The Balaban J connectivity index is 2.25. The molecule has 3 atom stereocenters. The number of piperazine rings is 1. The molecule has 0 aliphatic carbocycles. The minimum Gasteiger partial charge on any atom is -0.329 e. The van der Waals surface area contributed by atoms with Gasteiger partial charge in [0.05, 0.1) is 0 Å². The molecule has 19 heavy (non-hydrogen) atoms. The molecular weight excluding hydrogens is 260 g/mol. The summed E-state index contributed by atoms with van der Waals surface area (Å²) in [5.74, 6) is 1.23. The van der Waals surface area contributed by atoms with Crippen molar-refractivity contribution in [1.29, 1.82) is 0 Å². The standard InChI is InChI=1S/C14H24N2O2S/c1-4-11-13(17)15-8-6-5-7-12(15)14(18)16(11)10(2)9-19-3/h10-12H,4-9H2,1-3H3. The Kier molecular flexibility index (Phi) is 4.76. The number of fused-ring (bicyclic) bond motifs is 1. The highest BCUT2D eigenvalue weighted by molar-refractivity contribution is 7.98. The van der Waals surface area contributed by atoms with E-state index < -0.39 is 0 Å². The summed E-state index contributed by atoms with van der Waals surface area (Å²) >= 11 is 1.73. The highest BCUT2D eigenvalue weighted by Gasteiger charge is 2.47. The van der Waals surface area contributed by atoms with Crippen LogP contribution in [0.3, 0.4) is 0 Å². The summed E-state index contributed by atoms with van der Waals surface area (Å²) in [6.45, 7) is 4.82. The van der Waals surface area contributed by atoms with E-state index >= 15 is 0 Å². The Morgan fingerprint density at radius 1 is 1.32 bits per heavy atom. The normalized spacial score (nSPS) is 29.4. The van der Waals surface area contributed by atoms with Gasteiger partial charge in [0.15, 0.2) is 0 Å². The van der Waals surface area contributed by atoms with Crippen LogP contribution in [0.25, 0.3) is 0 Å². The highest BCUT2D eigenvalue weighted by Crippen LogP contribution is 2.29. The number of thioether (sulfide) groups is 1. The lowest BCUT2D eigenvalue weighted by atomic mass is 9.93. The summed E-state index contributed by atoms with van der Waals surface area (Å²) < 4.78 is 0. The molecular formula is C14H24N2O2S. The summed E-state index contributed by atoms with van der Waals surface area (Å²) in [5.41, 5.74) is 0. The zero-order valence-electron chi connectivity index (χ0n) is 12.1. The second kappa shape index (κ2) is 6.16. The van der Waals surface area contributed by atoms with Crippen molar-refractivity contribution in [3.05, 3.63) is 0 Å². The molecule has 0 radical (unpaired) electrons. The molecule has 0 aromatic carbocycles. The Bertz CT molecular complexity index is 361. The molecule has 2 heterocycles. The maximum absolute atomic E-state index is 12.7. The number of carbonyl (C=O) groups excluding carboxylic acids is 2. The first-order valence-corrected chi connectivity index (χ1v) is 8.62. The number of rotatable bonds is 4. The number of nitrogens with zero attached hydrogens (tertiary/aromatic N) is 2. The van der Waals surface area contributed by atoms with Gasteiger partial charge in [-0.15, -0.1) is 0 Å². The topological polar surface area (TPSA) is 40.6 Å². The Labute approximate surface area is 119 Å². The minimum atomic E-state index is -0.246. The van der Waals surface area contributed by atoms with Crippen molar-refractivity contribution in [1.82, 2.24) is 9.80 Å². The molecule has 5 heteroatoms. The van der Waals surface area contributed by atoms with E-state index in [4.69, 9.17) is 0 Å². The van der Waals surface area contributed by atoms with Gasteiger partial charge < -0.3 is 9.80 Å². The number of piperidine rings is 1. The number of hydrogen-bond acceptors (Lipinski definition) is 3. The SMILES string of the molecule is CCC1C(=O)N2CCCCC2C(=O)N1C(C)CSC. The third-order valence-corrected chi connectivity index (χ3v) is 5.03. The van der Waals surface area contributed by atoms with Gasteiger partial charge in [0.1, 0.15) is 12.1 Å². The molecule has 0 spiro atoms. The Morgan fingerprint density at radius 2 is 2.05 bits per heavy atom. The van der Waals surface area contributed by atoms with E-state index in [0.717, 1.165) is 31.6 Å². The molecule has 0 bridgehead atoms. The van der Waals surface area contributed by atoms with E-state index in [0.29, 0.717) is 6.42 Å². The van der Waals surface area contributed by atoms with Crippen LogP contribution in [-0.2, 0) is 9.59 Å². The Morgan fingerprint density at radius 3 is 2.68 bits per heavy atom. The van der Waals surface area contributed by atoms with Crippen LogP contribution in [0.5, 0.6) is 0 Å². The second-order valence-electron chi connectivity index (χ2n) is 5.52. The quantitative estimate of drug-likeness (QED) is 0.789. The first-order valence-electron chi connectivity index (χ1n) is 7.23. The van der Waals surface area contributed by atoms with Gasteiger partial charge in [0, 0.05) is 18.3 Å². The molecule has 4 nitrogen and oxygen atoms in total. The summed E-state index contributed by atoms with van der Waals surface area (Å²) in [4.78, 5) is 29.0. The average Bonchev–Trinajstić information content (AvgIpc) is 2.42. The van der Waals surface area contributed by atoms with E-state index in [1.54, 1.807) is 11.8 Å². The highest BCUT2D eigenvalue weighted by atomic mass is 32.2. The number of amides is 2. The van der Waals surface area contributed by atoms with Gasteiger partial charge in [-0.2, -0.15) is 11.8 Å². The van der Waals surface area contributed by atoms with Crippen LogP contribution in [0.2, 0.25) is 0 Å². The predicted octanol–water partition coefficient (Wildman–Crippen LogP) is 1.74. The monoisotopic (exact) mass is 284 g/mol. The van der Waals surface area contributed by atoms with Gasteiger partial charge in [0.2, 0.25) is 11.8 Å². The van der Waals surface area contributed by atoms with Gasteiger partial charge in [-0.25, -0.2) is 0 Å². The lowest BCUT2D eigenvalue weighted by molar-refractivity contribution is -0.165. The van der Waals surface area contributed by atoms with Gasteiger partial charge in [-0.1, -0.05) is 6.92 Å². The average molecular weight is 284 g/mol. The second-order valence-corrected chi connectivity index (χ2v) is 6.43. The summed E-state index contributed by atoms with van der Waals surface area (Å²) in [7, 11) is 0. The van der Waals surface area contributed by atoms with Crippen molar-refractivity contribution in [2.75, 3.05) is 18.6 Å². The van der Waals surface area contributed by atoms with E-state index in [9.17, 15) is 9.59 Å². The van der Waals surface area contributed by atoms with Crippen molar-refractivity contribution in [3.8, 4) is 0 Å². The number of carbonyl (C=O) groups is 2. The molecule has 2 aliphatic rings. The van der Waals surface area contributed by atoms with E-state index in [-0.39, 0.29) is 29.9 Å².